The second-order valence-corrected chi connectivity index (χ2v) is 10.4. The number of fused-ring (bicyclic) bond motifs is 5. The molecule has 3 atom stereocenters. The Morgan fingerprint density at radius 3 is 2.03 bits per heavy atom. The second-order valence-electron chi connectivity index (χ2n) is 10.4. The van der Waals surface area contributed by atoms with Gasteiger partial charge >= 0.3 is 12.1 Å². The van der Waals surface area contributed by atoms with Crippen molar-refractivity contribution in [2.24, 2.45) is 23.7 Å². The lowest BCUT2D eigenvalue weighted by Crippen LogP contribution is -2.55. The average Bonchev–Trinajstić information content (AvgIpc) is 3.31. The highest BCUT2D eigenvalue weighted by Gasteiger charge is 2.48. The number of nitrogens with one attached hydrogen (secondary N) is 1. The van der Waals surface area contributed by atoms with E-state index in [9.17, 15) is 19.5 Å². The van der Waals surface area contributed by atoms with Gasteiger partial charge in [-0.25, -0.2) is 4.79 Å². The molecule has 2 aromatic rings. The minimum atomic E-state index is -0.762. The molecular formula is C28H32N2O5. The molecule has 2 unspecified atom stereocenters. The van der Waals surface area contributed by atoms with Gasteiger partial charge in [-0.2, -0.15) is 0 Å². The third kappa shape index (κ3) is 4.28. The number of ether oxygens (including phenoxy) is 1. The van der Waals surface area contributed by atoms with Crippen LogP contribution in [0.15, 0.2) is 48.5 Å². The fourth-order valence-corrected chi connectivity index (χ4v) is 6.28. The molecule has 2 fully saturated rings. The fraction of sp³-hybridized carbons (Fsp3) is 0.464. The summed E-state index contributed by atoms with van der Waals surface area (Å²) in [7, 11) is 0. The number of aliphatic carboxylic acids is 1. The maximum Gasteiger partial charge on any atom is 0.407 e. The number of carbonyl (C=O) groups is 3. The lowest BCUT2D eigenvalue weighted by atomic mass is 9.84. The van der Waals surface area contributed by atoms with Crippen LogP contribution in [0.1, 0.15) is 43.7 Å². The van der Waals surface area contributed by atoms with Crippen molar-refractivity contribution in [3.05, 3.63) is 59.7 Å². The number of likely N-dealkylation sites (tertiary alicyclic amines) is 1. The third-order valence-electron chi connectivity index (χ3n) is 7.98. The quantitative estimate of drug-likeness (QED) is 0.654. The van der Waals surface area contributed by atoms with Crippen LogP contribution in [0.25, 0.3) is 11.1 Å². The standard InChI is InChI=1S/C28H32N2O5/c1-16(2)25(26(31)30-13-17-11-12-18(14-30)24(17)27(32)33)29-28(34)35-15-23-21-9-5-3-7-19(21)20-8-4-6-10-22(20)23/h3-10,16-18,23-25H,11-15H2,1-2H3,(H,29,34)(H,32,33)/t17?,18?,24?,25-/m1/s1. The van der Waals surface area contributed by atoms with Crippen molar-refractivity contribution in [2.75, 3.05) is 19.7 Å². The van der Waals surface area contributed by atoms with Crippen molar-refractivity contribution in [1.82, 2.24) is 10.2 Å². The van der Waals surface area contributed by atoms with E-state index in [0.717, 1.165) is 35.1 Å². The molecule has 0 aromatic heterocycles. The fourth-order valence-electron chi connectivity index (χ4n) is 6.28. The molecule has 1 aliphatic heterocycles. The van der Waals surface area contributed by atoms with E-state index in [2.05, 4.69) is 29.6 Å². The van der Waals surface area contributed by atoms with Crippen LogP contribution in [0.5, 0.6) is 0 Å². The summed E-state index contributed by atoms with van der Waals surface area (Å²) in [4.78, 5) is 39.6. The van der Waals surface area contributed by atoms with Gasteiger partial charge in [-0.3, -0.25) is 9.59 Å². The summed E-state index contributed by atoms with van der Waals surface area (Å²) in [6.45, 7) is 4.84. The first-order valence-corrected chi connectivity index (χ1v) is 12.5. The number of carbonyl (C=O) groups excluding carboxylic acids is 2. The van der Waals surface area contributed by atoms with Crippen molar-refractivity contribution in [3.8, 4) is 11.1 Å². The molecule has 35 heavy (non-hydrogen) atoms. The smallest absolute Gasteiger partial charge is 0.407 e. The number of piperidine rings is 1. The van der Waals surface area contributed by atoms with Gasteiger partial charge in [0.05, 0.1) is 5.92 Å². The highest BCUT2D eigenvalue weighted by molar-refractivity contribution is 5.86. The molecule has 1 saturated carbocycles. The maximum absolute atomic E-state index is 13.4. The van der Waals surface area contributed by atoms with Crippen LogP contribution in [0, 0.1) is 23.7 Å². The molecule has 184 valence electrons. The molecule has 0 spiro atoms. The molecule has 7 heteroatoms. The number of hydrogen-bond acceptors (Lipinski definition) is 4. The molecule has 3 aliphatic rings. The van der Waals surface area contributed by atoms with Crippen molar-refractivity contribution in [2.45, 2.75) is 38.6 Å². The largest absolute Gasteiger partial charge is 0.481 e. The predicted octanol–water partition coefficient (Wildman–Crippen LogP) is 4.12. The number of hydrogen-bond donors (Lipinski definition) is 2. The van der Waals surface area contributed by atoms with Crippen LogP contribution in [0.4, 0.5) is 4.79 Å². The van der Waals surface area contributed by atoms with Crippen molar-refractivity contribution < 1.29 is 24.2 Å². The number of carboxylic acids is 1. The first-order chi connectivity index (χ1) is 16.8. The van der Waals surface area contributed by atoms with Crippen LogP contribution in [0.2, 0.25) is 0 Å². The Balaban J connectivity index is 1.24. The van der Waals surface area contributed by atoms with Gasteiger partial charge in [0.15, 0.2) is 0 Å². The SMILES string of the molecule is CC(C)[C@@H](NC(=O)OCC1c2ccccc2-c2ccccc21)C(=O)N1CC2CCC(C1)C2C(=O)O. The van der Waals surface area contributed by atoms with E-state index >= 15 is 0 Å². The summed E-state index contributed by atoms with van der Waals surface area (Å²) < 4.78 is 5.66. The van der Waals surface area contributed by atoms with Gasteiger partial charge < -0.3 is 20.1 Å². The molecular weight excluding hydrogens is 444 g/mol. The zero-order chi connectivity index (χ0) is 24.7. The molecule has 2 N–H and O–H groups in total. The van der Waals surface area contributed by atoms with Gasteiger partial charge in [0.1, 0.15) is 12.6 Å². The van der Waals surface area contributed by atoms with E-state index in [1.165, 1.54) is 0 Å². The highest BCUT2D eigenvalue weighted by atomic mass is 16.5. The molecule has 2 aliphatic carbocycles. The Labute approximate surface area is 205 Å². The van der Waals surface area contributed by atoms with E-state index in [-0.39, 0.29) is 42.1 Å². The first-order valence-electron chi connectivity index (χ1n) is 12.5. The normalized spacial score (nSPS) is 23.5. The van der Waals surface area contributed by atoms with Crippen molar-refractivity contribution in [3.63, 3.8) is 0 Å². The molecule has 1 saturated heterocycles. The third-order valence-corrected chi connectivity index (χ3v) is 7.98. The van der Waals surface area contributed by atoms with E-state index in [4.69, 9.17) is 4.74 Å². The summed E-state index contributed by atoms with van der Waals surface area (Å²) in [5.41, 5.74) is 4.59. The number of amides is 2. The number of rotatable bonds is 6. The summed E-state index contributed by atoms with van der Waals surface area (Å²) in [6.07, 6.45) is 1.05. The summed E-state index contributed by atoms with van der Waals surface area (Å²) in [6, 6.07) is 15.6. The van der Waals surface area contributed by atoms with Gasteiger partial charge in [0, 0.05) is 19.0 Å². The molecule has 2 amide bonds. The number of nitrogens with zero attached hydrogens (tertiary/aromatic N) is 1. The minimum absolute atomic E-state index is 0.0162. The topological polar surface area (TPSA) is 95.9 Å². The highest BCUT2D eigenvalue weighted by Crippen LogP contribution is 2.45. The molecule has 5 rings (SSSR count). The molecule has 2 bridgehead atoms. The zero-order valence-electron chi connectivity index (χ0n) is 20.1. The van der Waals surface area contributed by atoms with Gasteiger partial charge in [0.25, 0.3) is 0 Å². The molecule has 1 heterocycles. The number of carboxylic acid groups (broad SMARTS) is 1. The van der Waals surface area contributed by atoms with E-state index in [1.807, 2.05) is 38.1 Å². The first kappa shape index (κ1) is 23.4. The zero-order valence-corrected chi connectivity index (χ0v) is 20.1. The van der Waals surface area contributed by atoms with Gasteiger partial charge in [-0.05, 0) is 52.8 Å². The Morgan fingerprint density at radius 1 is 0.971 bits per heavy atom. The number of benzene rings is 2. The maximum atomic E-state index is 13.4. The van der Waals surface area contributed by atoms with Crippen molar-refractivity contribution >= 4 is 18.0 Å². The predicted molar refractivity (Wildman–Crippen MR) is 131 cm³/mol. The van der Waals surface area contributed by atoms with Crippen LogP contribution >= 0.6 is 0 Å². The van der Waals surface area contributed by atoms with Crippen LogP contribution in [-0.4, -0.2) is 53.7 Å². The minimum Gasteiger partial charge on any atom is -0.481 e. The number of alkyl carbamates (subject to hydrolysis) is 1. The Hall–Kier alpha value is -3.35. The monoisotopic (exact) mass is 476 g/mol. The lowest BCUT2D eigenvalue weighted by molar-refractivity contribution is -0.150. The Bertz CT molecular complexity index is 1090. The van der Waals surface area contributed by atoms with Crippen LogP contribution in [0.3, 0.4) is 0 Å². The Morgan fingerprint density at radius 2 is 1.51 bits per heavy atom. The van der Waals surface area contributed by atoms with Crippen LogP contribution in [-0.2, 0) is 14.3 Å². The lowest BCUT2D eigenvalue weighted by Gasteiger charge is -2.38. The van der Waals surface area contributed by atoms with Crippen LogP contribution < -0.4 is 5.32 Å². The molecule has 7 nitrogen and oxygen atoms in total. The summed E-state index contributed by atoms with van der Waals surface area (Å²) in [5, 5.41) is 12.4. The van der Waals surface area contributed by atoms with E-state index in [0.29, 0.717) is 13.1 Å². The summed E-state index contributed by atoms with van der Waals surface area (Å²) in [5.74, 6) is -1.50. The summed E-state index contributed by atoms with van der Waals surface area (Å²) >= 11 is 0. The Kier molecular flexibility index (Phi) is 6.26. The van der Waals surface area contributed by atoms with Gasteiger partial charge in [0.2, 0.25) is 5.91 Å². The average molecular weight is 477 g/mol. The van der Waals surface area contributed by atoms with E-state index in [1.54, 1.807) is 4.90 Å². The van der Waals surface area contributed by atoms with Crippen molar-refractivity contribution in [1.29, 1.82) is 0 Å². The molecule has 0 radical (unpaired) electrons. The van der Waals surface area contributed by atoms with Gasteiger partial charge in [-0.1, -0.05) is 62.4 Å². The van der Waals surface area contributed by atoms with E-state index < -0.39 is 18.1 Å². The molecule has 2 aromatic carbocycles. The second kappa shape index (κ2) is 9.36. The van der Waals surface area contributed by atoms with Gasteiger partial charge in [-0.15, -0.1) is 0 Å².